The Bertz CT molecular complexity index is 541. The molecule has 1 aromatic heterocycles. The van der Waals surface area contributed by atoms with Gasteiger partial charge in [0.05, 0.1) is 6.54 Å². The number of benzene rings is 1. The van der Waals surface area contributed by atoms with Gasteiger partial charge in [-0.3, -0.25) is 0 Å². The van der Waals surface area contributed by atoms with Crippen LogP contribution in [0.3, 0.4) is 0 Å². The number of aliphatic imine (C=N–C) groups is 1. The molecule has 2 rings (SSSR count). The summed E-state index contributed by atoms with van der Waals surface area (Å²) in [6.45, 7) is 5.44. The van der Waals surface area contributed by atoms with Gasteiger partial charge in [0.15, 0.2) is 5.96 Å². The van der Waals surface area contributed by atoms with Crippen LogP contribution in [0.15, 0.2) is 35.5 Å². The summed E-state index contributed by atoms with van der Waals surface area (Å²) in [7, 11) is 0. The van der Waals surface area contributed by atoms with Crippen LogP contribution in [0, 0.1) is 0 Å². The Hall–Kier alpha value is -1.62. The van der Waals surface area contributed by atoms with Crippen LogP contribution < -0.4 is 11.5 Å². The van der Waals surface area contributed by atoms with Crippen molar-refractivity contribution in [3.05, 3.63) is 36.0 Å². The Morgan fingerprint density at radius 3 is 2.63 bits per heavy atom. The van der Waals surface area contributed by atoms with Crippen molar-refractivity contribution in [1.82, 2.24) is 4.57 Å². The van der Waals surface area contributed by atoms with Gasteiger partial charge in [0, 0.05) is 24.0 Å². The first-order valence-corrected chi connectivity index (χ1v) is 7.08. The Balaban J connectivity index is 0.000000861. The zero-order valence-electron chi connectivity index (χ0n) is 11.5. The molecule has 104 valence electrons. The van der Waals surface area contributed by atoms with Gasteiger partial charge in [-0.1, -0.05) is 19.9 Å². The lowest BCUT2D eigenvalue weighted by atomic mass is 10.1. The van der Waals surface area contributed by atoms with Crippen molar-refractivity contribution < 1.29 is 0 Å². The molecule has 5 heteroatoms. The molecule has 0 aliphatic carbocycles. The molecule has 0 fully saturated rings. The molecule has 1 aromatic carbocycles. The van der Waals surface area contributed by atoms with Gasteiger partial charge in [0.2, 0.25) is 0 Å². The van der Waals surface area contributed by atoms with Crippen molar-refractivity contribution in [3.63, 3.8) is 0 Å². The fourth-order valence-electron chi connectivity index (χ4n) is 1.83. The van der Waals surface area contributed by atoms with Crippen molar-refractivity contribution in [3.8, 4) is 0 Å². The van der Waals surface area contributed by atoms with E-state index < -0.39 is 0 Å². The highest BCUT2D eigenvalue weighted by Gasteiger charge is 2.01. The number of rotatable bonds is 4. The minimum absolute atomic E-state index is 0.123. The van der Waals surface area contributed by atoms with Gasteiger partial charge in [0.25, 0.3) is 0 Å². The number of thiol groups is 1. The van der Waals surface area contributed by atoms with Crippen LogP contribution in [0.2, 0.25) is 0 Å². The largest absolute Gasteiger partial charge is 0.370 e. The summed E-state index contributed by atoms with van der Waals surface area (Å²) >= 11 is 4.24. The second kappa shape index (κ2) is 7.74. The summed E-state index contributed by atoms with van der Waals surface area (Å²) in [6, 6.07) is 8.34. The summed E-state index contributed by atoms with van der Waals surface area (Å²) in [4.78, 5) is 4.00. The molecule has 0 spiro atoms. The molecule has 4 N–H and O–H groups in total. The molecule has 0 saturated heterocycles. The van der Waals surface area contributed by atoms with Crippen molar-refractivity contribution >= 4 is 29.5 Å². The Morgan fingerprint density at radius 1 is 1.26 bits per heavy atom. The second-order valence-corrected chi connectivity index (χ2v) is 4.31. The van der Waals surface area contributed by atoms with Crippen LogP contribution in [-0.2, 0) is 13.1 Å². The van der Waals surface area contributed by atoms with E-state index in [-0.39, 0.29) is 5.96 Å². The molecule has 0 aliphatic rings. The number of hydrogen-bond acceptors (Lipinski definition) is 2. The summed E-state index contributed by atoms with van der Waals surface area (Å²) in [6.07, 6.45) is 2.07. The van der Waals surface area contributed by atoms with E-state index in [9.17, 15) is 0 Å². The van der Waals surface area contributed by atoms with E-state index in [0.717, 1.165) is 17.9 Å². The maximum Gasteiger partial charge on any atom is 0.186 e. The van der Waals surface area contributed by atoms with Crippen molar-refractivity contribution in [2.24, 2.45) is 16.5 Å². The van der Waals surface area contributed by atoms with Gasteiger partial charge in [0.1, 0.15) is 0 Å². The highest BCUT2D eigenvalue weighted by molar-refractivity contribution is 7.80. The standard InChI is InChI=1S/C12H16N4S.C2H6/c13-12(14)15-8-9-1-2-11-10(7-9)3-4-16(11)5-6-17;1-2/h1-4,7,17H,5-6,8H2,(H4,13,14,15);1-2H3. The summed E-state index contributed by atoms with van der Waals surface area (Å²) < 4.78 is 2.19. The molecular formula is C14H22N4S. The molecule has 0 aliphatic heterocycles. The number of hydrogen-bond donors (Lipinski definition) is 3. The fraction of sp³-hybridized carbons (Fsp3) is 0.357. The number of fused-ring (bicyclic) bond motifs is 1. The smallest absolute Gasteiger partial charge is 0.186 e. The summed E-state index contributed by atoms with van der Waals surface area (Å²) in [5.41, 5.74) is 12.9. The first-order valence-electron chi connectivity index (χ1n) is 6.45. The normalized spacial score (nSPS) is 9.84. The highest BCUT2D eigenvalue weighted by Crippen LogP contribution is 2.18. The quantitative estimate of drug-likeness (QED) is 0.456. The number of nitrogens with zero attached hydrogens (tertiary/aromatic N) is 2. The topological polar surface area (TPSA) is 69.3 Å². The van der Waals surface area contributed by atoms with Crippen LogP contribution >= 0.6 is 12.6 Å². The number of aryl methyl sites for hydroxylation is 1. The zero-order chi connectivity index (χ0) is 14.3. The average molecular weight is 278 g/mol. The van der Waals surface area contributed by atoms with Gasteiger partial charge in [-0.05, 0) is 29.1 Å². The van der Waals surface area contributed by atoms with Gasteiger partial charge in [-0.25, -0.2) is 4.99 Å². The zero-order valence-corrected chi connectivity index (χ0v) is 12.4. The maximum atomic E-state index is 5.31. The predicted molar refractivity (Wildman–Crippen MR) is 86.7 cm³/mol. The molecule has 0 bridgehead atoms. The van der Waals surface area contributed by atoms with E-state index in [1.807, 2.05) is 19.9 Å². The molecule has 1 heterocycles. The Kier molecular flexibility index (Phi) is 6.29. The average Bonchev–Trinajstić information content (AvgIpc) is 2.82. The van der Waals surface area contributed by atoms with Crippen LogP contribution in [0.25, 0.3) is 10.9 Å². The van der Waals surface area contributed by atoms with E-state index in [1.54, 1.807) is 0 Å². The van der Waals surface area contributed by atoms with Crippen LogP contribution in [-0.4, -0.2) is 16.3 Å². The molecule has 4 nitrogen and oxygen atoms in total. The van der Waals surface area contributed by atoms with Crippen molar-refractivity contribution in [1.29, 1.82) is 0 Å². The van der Waals surface area contributed by atoms with E-state index >= 15 is 0 Å². The monoisotopic (exact) mass is 278 g/mol. The lowest BCUT2D eigenvalue weighted by Crippen LogP contribution is -2.22. The van der Waals surface area contributed by atoms with Crippen molar-refractivity contribution in [2.45, 2.75) is 26.9 Å². The Labute approximate surface area is 119 Å². The van der Waals surface area contributed by atoms with Gasteiger partial charge in [-0.15, -0.1) is 0 Å². The molecule has 0 radical (unpaired) electrons. The molecule has 0 atom stereocenters. The highest BCUT2D eigenvalue weighted by atomic mass is 32.1. The first-order chi connectivity index (χ1) is 9.20. The van der Waals surface area contributed by atoms with E-state index in [4.69, 9.17) is 11.5 Å². The van der Waals surface area contributed by atoms with E-state index in [0.29, 0.717) is 6.54 Å². The maximum absolute atomic E-state index is 5.31. The molecular weight excluding hydrogens is 256 g/mol. The van der Waals surface area contributed by atoms with Gasteiger partial charge >= 0.3 is 0 Å². The minimum Gasteiger partial charge on any atom is -0.370 e. The lowest BCUT2D eigenvalue weighted by Gasteiger charge is -2.03. The third kappa shape index (κ3) is 4.21. The number of guanidine groups is 1. The Morgan fingerprint density at radius 2 is 2.00 bits per heavy atom. The third-order valence-corrected chi connectivity index (χ3v) is 2.82. The summed E-state index contributed by atoms with van der Waals surface area (Å²) in [5, 5.41) is 1.20. The number of nitrogens with two attached hydrogens (primary N) is 2. The van der Waals surface area contributed by atoms with Crippen LogP contribution in [0.5, 0.6) is 0 Å². The lowest BCUT2D eigenvalue weighted by molar-refractivity contribution is 0.809. The van der Waals surface area contributed by atoms with Gasteiger partial charge in [-0.2, -0.15) is 12.6 Å². The van der Waals surface area contributed by atoms with Gasteiger partial charge < -0.3 is 16.0 Å². The molecule has 0 saturated carbocycles. The molecule has 0 unspecified atom stereocenters. The third-order valence-electron chi connectivity index (χ3n) is 2.62. The molecule has 2 aromatic rings. The van der Waals surface area contributed by atoms with Crippen LogP contribution in [0.1, 0.15) is 19.4 Å². The molecule has 19 heavy (non-hydrogen) atoms. The minimum atomic E-state index is 0.123. The fourth-order valence-corrected chi connectivity index (χ4v) is 2.05. The summed E-state index contributed by atoms with van der Waals surface area (Å²) in [5.74, 6) is 0.956. The van der Waals surface area contributed by atoms with Crippen LogP contribution in [0.4, 0.5) is 0 Å². The first kappa shape index (κ1) is 15.4. The predicted octanol–water partition coefficient (Wildman–Crippen LogP) is 2.37. The SMILES string of the molecule is CC.NC(N)=NCc1ccc2c(ccn2CCS)c1. The van der Waals surface area contributed by atoms with Crippen molar-refractivity contribution in [2.75, 3.05) is 5.75 Å². The molecule has 0 amide bonds. The number of aromatic nitrogens is 1. The second-order valence-electron chi connectivity index (χ2n) is 3.87. The van der Waals surface area contributed by atoms with E-state index in [1.165, 1.54) is 10.9 Å². The van der Waals surface area contributed by atoms with E-state index in [2.05, 4.69) is 46.6 Å².